The molecular weight excluding hydrogens is 264 g/mol. The van der Waals surface area contributed by atoms with Crippen LogP contribution in [-0.4, -0.2) is 16.1 Å². The molecule has 0 atom stereocenters. The molecule has 1 heterocycles. The van der Waals surface area contributed by atoms with Crippen LogP contribution in [0.5, 0.6) is 5.75 Å². The number of nitrogens with zero attached hydrogens (tertiary/aromatic N) is 1. The van der Waals surface area contributed by atoms with E-state index in [2.05, 4.69) is 9.97 Å². The summed E-state index contributed by atoms with van der Waals surface area (Å²) in [6, 6.07) is 9.32. The summed E-state index contributed by atoms with van der Waals surface area (Å²) in [5.41, 5.74) is 1.27. The monoisotopic (exact) mass is 284 g/mol. The predicted octanol–water partition coefficient (Wildman–Crippen LogP) is 3.28. The molecule has 4 heteroatoms. The Bertz CT molecular complexity index is 709. The first kappa shape index (κ1) is 13.9. The standard InChI is InChI=1S/C17H20N2O2/c1-17(2,3)16-18-14(10-15(20)19-16)11-5-4-6-13(9-11)21-12-7-8-12/h4-6,9-10,12H,7-8H2,1-3H3,(H,18,19,20). The highest BCUT2D eigenvalue weighted by Gasteiger charge is 2.23. The van der Waals surface area contributed by atoms with E-state index in [1.165, 1.54) is 6.07 Å². The van der Waals surface area contributed by atoms with Crippen molar-refractivity contribution < 1.29 is 4.74 Å². The molecule has 2 aromatic rings. The summed E-state index contributed by atoms with van der Waals surface area (Å²) >= 11 is 0. The maximum atomic E-state index is 11.9. The number of nitrogens with one attached hydrogen (secondary N) is 1. The van der Waals surface area contributed by atoms with Crippen LogP contribution in [0, 0.1) is 0 Å². The number of hydrogen-bond donors (Lipinski definition) is 1. The van der Waals surface area contributed by atoms with Crippen LogP contribution < -0.4 is 10.3 Å². The van der Waals surface area contributed by atoms with Gasteiger partial charge >= 0.3 is 0 Å². The van der Waals surface area contributed by atoms with Gasteiger partial charge in [-0.05, 0) is 25.0 Å². The molecule has 1 N–H and O–H groups in total. The van der Waals surface area contributed by atoms with Gasteiger partial charge in [-0.1, -0.05) is 32.9 Å². The van der Waals surface area contributed by atoms with E-state index in [4.69, 9.17) is 4.74 Å². The highest BCUT2D eigenvalue weighted by atomic mass is 16.5. The molecule has 1 saturated carbocycles. The third-order valence-corrected chi connectivity index (χ3v) is 3.41. The molecule has 4 nitrogen and oxygen atoms in total. The van der Waals surface area contributed by atoms with E-state index < -0.39 is 0 Å². The van der Waals surface area contributed by atoms with Gasteiger partial charge in [-0.2, -0.15) is 0 Å². The minimum atomic E-state index is -0.197. The van der Waals surface area contributed by atoms with Crippen molar-refractivity contribution in [2.24, 2.45) is 0 Å². The minimum absolute atomic E-state index is 0.126. The first-order chi connectivity index (χ1) is 9.91. The number of benzene rings is 1. The fraction of sp³-hybridized carbons (Fsp3) is 0.412. The van der Waals surface area contributed by atoms with Gasteiger partial charge in [0.1, 0.15) is 11.6 Å². The number of aromatic amines is 1. The molecule has 1 fully saturated rings. The van der Waals surface area contributed by atoms with Gasteiger partial charge in [-0.3, -0.25) is 4.79 Å². The average Bonchev–Trinajstić information content (AvgIpc) is 3.21. The maximum absolute atomic E-state index is 11.9. The molecule has 0 radical (unpaired) electrons. The Morgan fingerprint density at radius 1 is 1.24 bits per heavy atom. The molecule has 0 spiro atoms. The normalized spacial score (nSPS) is 15.0. The largest absolute Gasteiger partial charge is 0.490 e. The lowest BCUT2D eigenvalue weighted by atomic mass is 9.95. The molecule has 1 aliphatic carbocycles. The molecule has 0 bridgehead atoms. The van der Waals surface area contributed by atoms with E-state index in [0.717, 1.165) is 24.2 Å². The summed E-state index contributed by atoms with van der Waals surface area (Å²) in [5.74, 6) is 1.54. The van der Waals surface area contributed by atoms with Gasteiger partial charge in [0.15, 0.2) is 0 Å². The Balaban J connectivity index is 1.99. The SMILES string of the molecule is CC(C)(C)c1nc(-c2cccc(OC3CC3)c2)cc(=O)[nH]1. The van der Waals surface area contributed by atoms with Crippen LogP contribution in [-0.2, 0) is 5.41 Å². The third-order valence-electron chi connectivity index (χ3n) is 3.41. The van der Waals surface area contributed by atoms with Crippen LogP contribution in [0.25, 0.3) is 11.3 Å². The minimum Gasteiger partial charge on any atom is -0.490 e. The fourth-order valence-corrected chi connectivity index (χ4v) is 2.07. The number of H-pyrrole nitrogens is 1. The van der Waals surface area contributed by atoms with Crippen molar-refractivity contribution in [3.63, 3.8) is 0 Å². The Labute approximate surface area is 124 Å². The van der Waals surface area contributed by atoms with E-state index in [9.17, 15) is 4.79 Å². The van der Waals surface area contributed by atoms with Gasteiger partial charge in [0.05, 0.1) is 11.8 Å². The van der Waals surface area contributed by atoms with Gasteiger partial charge in [0, 0.05) is 17.0 Å². The highest BCUT2D eigenvalue weighted by molar-refractivity contribution is 5.60. The van der Waals surface area contributed by atoms with Gasteiger partial charge in [-0.15, -0.1) is 0 Å². The molecule has 1 aliphatic rings. The van der Waals surface area contributed by atoms with E-state index in [1.807, 2.05) is 45.0 Å². The van der Waals surface area contributed by atoms with Gasteiger partial charge in [-0.25, -0.2) is 4.98 Å². The quantitative estimate of drug-likeness (QED) is 0.941. The lowest BCUT2D eigenvalue weighted by Crippen LogP contribution is -2.21. The zero-order chi connectivity index (χ0) is 15.0. The topological polar surface area (TPSA) is 55.0 Å². The smallest absolute Gasteiger partial charge is 0.251 e. The molecule has 1 aromatic carbocycles. The lowest BCUT2D eigenvalue weighted by molar-refractivity contribution is 0.303. The third kappa shape index (κ3) is 3.32. The second-order valence-corrected chi connectivity index (χ2v) is 6.57. The fourth-order valence-electron chi connectivity index (χ4n) is 2.07. The second-order valence-electron chi connectivity index (χ2n) is 6.57. The summed E-state index contributed by atoms with van der Waals surface area (Å²) in [6.45, 7) is 6.09. The molecule has 1 aromatic heterocycles. The van der Waals surface area contributed by atoms with E-state index in [0.29, 0.717) is 17.6 Å². The Morgan fingerprint density at radius 2 is 2.00 bits per heavy atom. The van der Waals surface area contributed by atoms with E-state index >= 15 is 0 Å². The molecule has 3 rings (SSSR count). The molecule has 0 unspecified atom stereocenters. The highest BCUT2D eigenvalue weighted by Crippen LogP contribution is 2.29. The van der Waals surface area contributed by atoms with Crippen LogP contribution in [0.3, 0.4) is 0 Å². The molecule has 21 heavy (non-hydrogen) atoms. The number of ether oxygens (including phenoxy) is 1. The van der Waals surface area contributed by atoms with Gasteiger partial charge < -0.3 is 9.72 Å². The van der Waals surface area contributed by atoms with Crippen molar-refractivity contribution in [1.82, 2.24) is 9.97 Å². The maximum Gasteiger partial charge on any atom is 0.251 e. The van der Waals surface area contributed by atoms with Crippen LogP contribution in [0.2, 0.25) is 0 Å². The van der Waals surface area contributed by atoms with Crippen LogP contribution >= 0.6 is 0 Å². The lowest BCUT2D eigenvalue weighted by Gasteiger charge is -2.17. The van der Waals surface area contributed by atoms with Crippen LogP contribution in [0.15, 0.2) is 35.1 Å². The summed E-state index contributed by atoms with van der Waals surface area (Å²) in [4.78, 5) is 19.3. The predicted molar refractivity (Wildman–Crippen MR) is 82.6 cm³/mol. The van der Waals surface area contributed by atoms with E-state index in [1.54, 1.807) is 0 Å². The zero-order valence-electron chi connectivity index (χ0n) is 12.6. The van der Waals surface area contributed by atoms with E-state index in [-0.39, 0.29) is 11.0 Å². The summed E-state index contributed by atoms with van der Waals surface area (Å²) in [6.07, 6.45) is 2.61. The summed E-state index contributed by atoms with van der Waals surface area (Å²) in [7, 11) is 0. The van der Waals surface area contributed by atoms with Crippen molar-refractivity contribution in [3.8, 4) is 17.0 Å². The molecule has 0 saturated heterocycles. The Morgan fingerprint density at radius 3 is 2.67 bits per heavy atom. The van der Waals surface area contributed by atoms with Crippen LogP contribution in [0.4, 0.5) is 0 Å². The van der Waals surface area contributed by atoms with Gasteiger partial charge in [0.2, 0.25) is 0 Å². The second kappa shape index (κ2) is 5.02. The molecule has 110 valence electrons. The first-order valence-electron chi connectivity index (χ1n) is 7.31. The number of rotatable bonds is 3. The zero-order valence-corrected chi connectivity index (χ0v) is 12.6. The van der Waals surface area contributed by atoms with Crippen molar-refractivity contribution in [1.29, 1.82) is 0 Å². The van der Waals surface area contributed by atoms with Crippen molar-refractivity contribution in [2.45, 2.75) is 45.1 Å². The number of hydrogen-bond acceptors (Lipinski definition) is 3. The molecule has 0 aliphatic heterocycles. The first-order valence-corrected chi connectivity index (χ1v) is 7.31. The summed E-state index contributed by atoms with van der Waals surface area (Å²) in [5, 5.41) is 0. The van der Waals surface area contributed by atoms with Crippen LogP contribution in [0.1, 0.15) is 39.4 Å². The molecule has 0 amide bonds. The Kier molecular flexibility index (Phi) is 3.32. The number of aromatic nitrogens is 2. The van der Waals surface area contributed by atoms with Crippen molar-refractivity contribution in [2.75, 3.05) is 0 Å². The molecular formula is C17H20N2O2. The van der Waals surface area contributed by atoms with Crippen molar-refractivity contribution in [3.05, 3.63) is 46.5 Å². The Hall–Kier alpha value is -2.10. The summed E-state index contributed by atoms with van der Waals surface area (Å²) < 4.78 is 5.80. The van der Waals surface area contributed by atoms with Gasteiger partial charge in [0.25, 0.3) is 5.56 Å². The van der Waals surface area contributed by atoms with Crippen molar-refractivity contribution >= 4 is 0 Å². The average molecular weight is 284 g/mol.